The first-order valence-electron chi connectivity index (χ1n) is 4.54. The van der Waals surface area contributed by atoms with Crippen molar-refractivity contribution in [3.63, 3.8) is 0 Å². The van der Waals surface area contributed by atoms with E-state index >= 15 is 0 Å². The van der Waals surface area contributed by atoms with Gasteiger partial charge in [-0.25, -0.2) is 0 Å². The van der Waals surface area contributed by atoms with E-state index in [0.29, 0.717) is 12.1 Å². The Balaban J connectivity index is 2.41. The van der Waals surface area contributed by atoms with Crippen molar-refractivity contribution in [1.82, 2.24) is 10.6 Å². The van der Waals surface area contributed by atoms with E-state index in [4.69, 9.17) is 4.74 Å². The molecule has 0 amide bonds. The lowest BCUT2D eigenvalue weighted by atomic mass is 10.1. The fourth-order valence-electron chi connectivity index (χ4n) is 1.60. The Morgan fingerprint density at radius 2 is 2.00 bits per heavy atom. The van der Waals surface area contributed by atoms with E-state index in [2.05, 4.69) is 31.4 Å². The third kappa shape index (κ3) is 2.73. The van der Waals surface area contributed by atoms with Crippen LogP contribution in [0.1, 0.15) is 20.8 Å². The van der Waals surface area contributed by atoms with Crippen LogP contribution in [0.5, 0.6) is 0 Å². The molecule has 1 saturated heterocycles. The molecule has 72 valence electrons. The minimum atomic E-state index is 0.174. The monoisotopic (exact) mass is 172 g/mol. The number of hydrogen-bond donors (Lipinski definition) is 2. The molecule has 0 aromatic rings. The van der Waals surface area contributed by atoms with Gasteiger partial charge in [-0.1, -0.05) is 0 Å². The van der Waals surface area contributed by atoms with Crippen LogP contribution in [0.25, 0.3) is 0 Å². The molecule has 0 saturated carbocycles. The van der Waals surface area contributed by atoms with Crippen molar-refractivity contribution < 1.29 is 4.74 Å². The van der Waals surface area contributed by atoms with E-state index in [0.717, 1.165) is 13.1 Å². The van der Waals surface area contributed by atoms with Crippen LogP contribution in [0, 0.1) is 0 Å². The van der Waals surface area contributed by atoms with Gasteiger partial charge in [0.25, 0.3) is 0 Å². The van der Waals surface area contributed by atoms with Gasteiger partial charge in [0.15, 0.2) is 0 Å². The summed E-state index contributed by atoms with van der Waals surface area (Å²) in [5.74, 6) is 0. The number of nitrogens with one attached hydrogen (secondary N) is 2. The number of rotatable bonds is 2. The molecule has 0 aromatic carbocycles. The summed E-state index contributed by atoms with van der Waals surface area (Å²) in [6.45, 7) is 8.51. The Labute approximate surface area is 74.9 Å². The molecule has 0 spiro atoms. The summed E-state index contributed by atoms with van der Waals surface area (Å²) in [7, 11) is 1.77. The molecule has 1 aliphatic rings. The SMILES string of the molecule is CO[C@@H]1CNC[C@@H]1NC(C)(C)C. The van der Waals surface area contributed by atoms with Gasteiger partial charge >= 0.3 is 0 Å². The van der Waals surface area contributed by atoms with Gasteiger partial charge in [-0.2, -0.15) is 0 Å². The largest absolute Gasteiger partial charge is 0.378 e. The molecule has 2 atom stereocenters. The van der Waals surface area contributed by atoms with Crippen LogP contribution in [0.2, 0.25) is 0 Å². The summed E-state index contributed by atoms with van der Waals surface area (Å²) in [5.41, 5.74) is 0.174. The number of hydrogen-bond acceptors (Lipinski definition) is 3. The highest BCUT2D eigenvalue weighted by Crippen LogP contribution is 2.09. The van der Waals surface area contributed by atoms with E-state index < -0.39 is 0 Å². The Morgan fingerprint density at radius 1 is 1.33 bits per heavy atom. The molecular weight excluding hydrogens is 152 g/mol. The topological polar surface area (TPSA) is 33.3 Å². The first kappa shape index (κ1) is 9.96. The molecule has 0 bridgehead atoms. The van der Waals surface area contributed by atoms with Crippen molar-refractivity contribution in [2.45, 2.75) is 38.5 Å². The summed E-state index contributed by atoms with van der Waals surface area (Å²) in [5, 5.41) is 6.84. The summed E-state index contributed by atoms with van der Waals surface area (Å²) in [6, 6.07) is 0.454. The molecule has 1 aliphatic heterocycles. The third-order valence-corrected chi connectivity index (χ3v) is 2.08. The van der Waals surface area contributed by atoms with Crippen LogP contribution in [-0.4, -0.2) is 37.9 Å². The highest BCUT2D eigenvalue weighted by atomic mass is 16.5. The summed E-state index contributed by atoms with van der Waals surface area (Å²) < 4.78 is 5.34. The average Bonchev–Trinajstić information content (AvgIpc) is 2.31. The van der Waals surface area contributed by atoms with Gasteiger partial charge in [-0.3, -0.25) is 0 Å². The van der Waals surface area contributed by atoms with Crippen molar-refractivity contribution in [3.8, 4) is 0 Å². The quantitative estimate of drug-likeness (QED) is 0.631. The van der Waals surface area contributed by atoms with Crippen molar-refractivity contribution in [3.05, 3.63) is 0 Å². The van der Waals surface area contributed by atoms with Crippen LogP contribution >= 0.6 is 0 Å². The highest BCUT2D eigenvalue weighted by molar-refractivity contribution is 4.91. The second kappa shape index (κ2) is 3.73. The Bertz CT molecular complexity index is 142. The average molecular weight is 172 g/mol. The predicted octanol–water partition coefficient (Wildman–Crippen LogP) is 0.361. The first-order chi connectivity index (χ1) is 5.53. The lowest BCUT2D eigenvalue weighted by molar-refractivity contribution is 0.0879. The zero-order valence-corrected chi connectivity index (χ0v) is 8.48. The lowest BCUT2D eigenvalue weighted by Crippen LogP contribution is -2.49. The van der Waals surface area contributed by atoms with E-state index in [1.165, 1.54) is 0 Å². The molecule has 1 rings (SSSR count). The molecule has 12 heavy (non-hydrogen) atoms. The van der Waals surface area contributed by atoms with E-state index in [-0.39, 0.29) is 5.54 Å². The molecular formula is C9H20N2O. The predicted molar refractivity (Wildman–Crippen MR) is 50.3 cm³/mol. The number of ether oxygens (including phenoxy) is 1. The molecule has 1 heterocycles. The van der Waals surface area contributed by atoms with Gasteiger partial charge in [0.2, 0.25) is 0 Å². The van der Waals surface area contributed by atoms with Crippen molar-refractivity contribution in [2.75, 3.05) is 20.2 Å². The van der Waals surface area contributed by atoms with Gasteiger partial charge < -0.3 is 15.4 Å². The minimum Gasteiger partial charge on any atom is -0.378 e. The second-order valence-corrected chi connectivity index (χ2v) is 4.43. The highest BCUT2D eigenvalue weighted by Gasteiger charge is 2.29. The minimum absolute atomic E-state index is 0.174. The van der Waals surface area contributed by atoms with Crippen LogP contribution in [-0.2, 0) is 4.74 Å². The van der Waals surface area contributed by atoms with Crippen LogP contribution in [0.4, 0.5) is 0 Å². The van der Waals surface area contributed by atoms with E-state index in [1.807, 2.05) is 0 Å². The molecule has 0 aromatic heterocycles. The summed E-state index contributed by atoms with van der Waals surface area (Å²) >= 11 is 0. The van der Waals surface area contributed by atoms with Crippen LogP contribution < -0.4 is 10.6 Å². The molecule has 2 N–H and O–H groups in total. The van der Waals surface area contributed by atoms with Crippen molar-refractivity contribution in [1.29, 1.82) is 0 Å². The maximum absolute atomic E-state index is 5.34. The van der Waals surface area contributed by atoms with Crippen LogP contribution in [0.3, 0.4) is 0 Å². The maximum atomic E-state index is 5.34. The van der Waals surface area contributed by atoms with E-state index in [9.17, 15) is 0 Å². The fraction of sp³-hybridized carbons (Fsp3) is 1.00. The van der Waals surface area contributed by atoms with E-state index in [1.54, 1.807) is 7.11 Å². The molecule has 0 aliphatic carbocycles. The molecule has 0 unspecified atom stereocenters. The molecule has 3 heteroatoms. The van der Waals surface area contributed by atoms with Crippen molar-refractivity contribution >= 4 is 0 Å². The van der Waals surface area contributed by atoms with Crippen molar-refractivity contribution in [2.24, 2.45) is 0 Å². The summed E-state index contributed by atoms with van der Waals surface area (Å²) in [4.78, 5) is 0. The lowest BCUT2D eigenvalue weighted by Gasteiger charge is -2.28. The zero-order valence-electron chi connectivity index (χ0n) is 8.48. The third-order valence-electron chi connectivity index (χ3n) is 2.08. The Kier molecular flexibility index (Phi) is 3.09. The Morgan fingerprint density at radius 3 is 2.50 bits per heavy atom. The standard InChI is InChI=1S/C9H20N2O/c1-9(2,3)11-7-5-10-6-8(7)12-4/h7-8,10-11H,5-6H2,1-4H3/t7-,8+/m0/s1. The van der Waals surface area contributed by atoms with Crippen LogP contribution in [0.15, 0.2) is 0 Å². The normalized spacial score (nSPS) is 31.0. The molecule has 3 nitrogen and oxygen atoms in total. The second-order valence-electron chi connectivity index (χ2n) is 4.43. The zero-order chi connectivity index (χ0) is 9.19. The number of methoxy groups -OCH3 is 1. The fourth-order valence-corrected chi connectivity index (χ4v) is 1.60. The Hall–Kier alpha value is -0.120. The van der Waals surface area contributed by atoms with Gasteiger partial charge in [0.05, 0.1) is 6.10 Å². The van der Waals surface area contributed by atoms with Gasteiger partial charge in [-0.05, 0) is 20.8 Å². The molecule has 0 radical (unpaired) electrons. The first-order valence-corrected chi connectivity index (χ1v) is 4.54. The smallest absolute Gasteiger partial charge is 0.0860 e. The molecule has 1 fully saturated rings. The van der Waals surface area contributed by atoms with Gasteiger partial charge in [-0.15, -0.1) is 0 Å². The maximum Gasteiger partial charge on any atom is 0.0860 e. The summed E-state index contributed by atoms with van der Waals surface area (Å²) in [6.07, 6.45) is 0.323. The van der Waals surface area contributed by atoms with Gasteiger partial charge in [0.1, 0.15) is 0 Å². The van der Waals surface area contributed by atoms with Gasteiger partial charge in [0, 0.05) is 31.8 Å².